The maximum absolute atomic E-state index is 12.8. The fourth-order valence-electron chi connectivity index (χ4n) is 5.18. The van der Waals surface area contributed by atoms with E-state index >= 15 is 0 Å². The summed E-state index contributed by atoms with van der Waals surface area (Å²) in [5.41, 5.74) is 16.3. The quantitative estimate of drug-likeness (QED) is 0.137. The highest BCUT2D eigenvalue weighted by atomic mass is 16.7. The van der Waals surface area contributed by atoms with Gasteiger partial charge in [0, 0.05) is 37.6 Å². The Morgan fingerprint density at radius 3 is 1.75 bits per heavy atom. The van der Waals surface area contributed by atoms with Crippen molar-refractivity contribution >= 4 is 45.1 Å². The van der Waals surface area contributed by atoms with Crippen LogP contribution in [0.4, 0.5) is 23.0 Å². The SMILES string of the molecule is Cc1ncnc2c1c(NCc1ccc(N)nc1)cc(=O)n2O.Cc1ncnc2c1c(NCc1ccc(N)nc1)cc(=O)n2OCc1ccccc1. The third kappa shape index (κ3) is 7.80. The van der Waals surface area contributed by atoms with Crippen LogP contribution in [0.3, 0.4) is 0 Å². The van der Waals surface area contributed by atoms with Crippen LogP contribution in [0.2, 0.25) is 0 Å². The van der Waals surface area contributed by atoms with Crippen molar-refractivity contribution in [3.05, 3.63) is 141 Å². The standard InChI is InChI=1S/C21H20N6O2.C14H14N6O2/c1-14-20-17(23-10-16-7-8-18(22)24-11-16)9-19(28)27(21(20)26-13-25-14)29-12-15-5-3-2-4-6-15;1-8-13-10(16-5-9-2-3-11(15)17-6-9)4-12(21)20(22)14(13)19-7-18-8/h2-9,11,13,23H,10,12H2,1H3,(H2,22,24);2-4,6-7,16,22H,5H2,1H3,(H2,15,17). The Bertz CT molecular complexity index is 2420. The molecule has 0 aliphatic heterocycles. The number of hydrogen-bond acceptors (Lipinski definition) is 14. The Kier molecular flexibility index (Phi) is 9.93. The second-order valence-corrected chi connectivity index (χ2v) is 11.4. The van der Waals surface area contributed by atoms with Gasteiger partial charge in [0.25, 0.3) is 11.1 Å². The molecular formula is C35H34N12O4. The molecule has 0 radical (unpaired) electrons. The molecule has 1 aromatic carbocycles. The van der Waals surface area contributed by atoms with E-state index in [1.165, 1.54) is 29.5 Å². The molecule has 16 heteroatoms. The molecule has 7 aromatic rings. The number of nitrogen functional groups attached to an aromatic ring is 2. The van der Waals surface area contributed by atoms with Gasteiger partial charge in [0.1, 0.15) is 30.9 Å². The highest BCUT2D eigenvalue weighted by Gasteiger charge is 2.15. The summed E-state index contributed by atoms with van der Waals surface area (Å²) in [7, 11) is 0. The third-order valence-corrected chi connectivity index (χ3v) is 7.77. The number of benzene rings is 1. The number of aromatic nitrogens is 8. The Morgan fingerprint density at radius 1 is 0.667 bits per heavy atom. The molecule has 0 aliphatic rings. The smallest absolute Gasteiger partial charge is 0.287 e. The predicted octanol–water partition coefficient (Wildman–Crippen LogP) is 3.24. The molecule has 0 unspecified atom stereocenters. The van der Waals surface area contributed by atoms with Gasteiger partial charge in [-0.05, 0) is 42.7 Å². The fourth-order valence-corrected chi connectivity index (χ4v) is 5.18. The molecule has 0 bridgehead atoms. The summed E-state index contributed by atoms with van der Waals surface area (Å²) in [6.45, 7) is 4.83. The Labute approximate surface area is 290 Å². The van der Waals surface area contributed by atoms with Gasteiger partial charge in [-0.2, -0.15) is 0 Å². The highest BCUT2D eigenvalue weighted by molar-refractivity contribution is 5.91. The minimum atomic E-state index is -0.566. The van der Waals surface area contributed by atoms with Crippen molar-refractivity contribution in [1.29, 1.82) is 0 Å². The first kappa shape index (κ1) is 33.8. The lowest BCUT2D eigenvalue weighted by atomic mass is 10.2. The monoisotopic (exact) mass is 686 g/mol. The lowest BCUT2D eigenvalue weighted by Gasteiger charge is -2.15. The Morgan fingerprint density at radius 2 is 1.20 bits per heavy atom. The maximum Gasteiger partial charge on any atom is 0.287 e. The van der Waals surface area contributed by atoms with Crippen molar-refractivity contribution < 1.29 is 10.0 Å². The molecule has 51 heavy (non-hydrogen) atoms. The molecule has 0 atom stereocenters. The van der Waals surface area contributed by atoms with Crippen LogP contribution in [-0.4, -0.2) is 44.6 Å². The number of pyridine rings is 4. The number of hydrogen-bond donors (Lipinski definition) is 5. The first-order valence-corrected chi connectivity index (χ1v) is 15.7. The molecule has 7 N–H and O–H groups in total. The van der Waals surface area contributed by atoms with E-state index < -0.39 is 5.56 Å². The largest absolute Gasteiger partial charge is 0.423 e. The number of rotatable bonds is 9. The van der Waals surface area contributed by atoms with Crippen molar-refractivity contribution in [1.82, 2.24) is 39.4 Å². The maximum atomic E-state index is 12.8. The predicted molar refractivity (Wildman–Crippen MR) is 193 cm³/mol. The van der Waals surface area contributed by atoms with E-state index in [1.807, 2.05) is 49.4 Å². The van der Waals surface area contributed by atoms with Crippen LogP contribution in [0.5, 0.6) is 0 Å². The van der Waals surface area contributed by atoms with Crippen molar-refractivity contribution in [3.63, 3.8) is 0 Å². The third-order valence-electron chi connectivity index (χ3n) is 7.77. The zero-order chi connectivity index (χ0) is 35.9. The van der Waals surface area contributed by atoms with E-state index in [-0.39, 0.29) is 17.8 Å². The summed E-state index contributed by atoms with van der Waals surface area (Å²) < 4.78 is 1.73. The summed E-state index contributed by atoms with van der Waals surface area (Å²) in [6.07, 6.45) is 6.07. The van der Waals surface area contributed by atoms with E-state index in [0.29, 0.717) is 57.6 Å². The van der Waals surface area contributed by atoms with Crippen LogP contribution >= 0.6 is 0 Å². The van der Waals surface area contributed by atoms with Crippen LogP contribution in [0.1, 0.15) is 28.1 Å². The van der Waals surface area contributed by atoms with Crippen LogP contribution in [0.15, 0.2) is 101 Å². The van der Waals surface area contributed by atoms with Crippen molar-refractivity contribution in [2.75, 3.05) is 22.1 Å². The van der Waals surface area contributed by atoms with Gasteiger partial charge < -0.3 is 32.1 Å². The molecule has 0 spiro atoms. The number of nitrogens with two attached hydrogens (primary N) is 2. The Hall–Kier alpha value is -7.10. The summed E-state index contributed by atoms with van der Waals surface area (Å²) in [6, 6.07) is 19.6. The van der Waals surface area contributed by atoms with Gasteiger partial charge in [-0.3, -0.25) is 9.59 Å². The molecule has 0 saturated heterocycles. The second kappa shape index (κ2) is 15.0. The molecule has 6 heterocycles. The lowest BCUT2D eigenvalue weighted by Crippen LogP contribution is -2.28. The van der Waals surface area contributed by atoms with Crippen LogP contribution < -0.4 is 38.1 Å². The highest BCUT2D eigenvalue weighted by Crippen LogP contribution is 2.24. The topological polar surface area (TPSA) is 227 Å². The van der Waals surface area contributed by atoms with Gasteiger partial charge in [0.05, 0.1) is 33.5 Å². The fraction of sp³-hybridized carbons (Fsp3) is 0.143. The van der Waals surface area contributed by atoms with Crippen LogP contribution in [0, 0.1) is 13.8 Å². The molecule has 0 fully saturated rings. The van der Waals surface area contributed by atoms with E-state index in [9.17, 15) is 14.8 Å². The Balaban J connectivity index is 0.000000183. The van der Waals surface area contributed by atoms with Gasteiger partial charge in [0.2, 0.25) is 0 Å². The second-order valence-electron chi connectivity index (χ2n) is 11.4. The van der Waals surface area contributed by atoms with Gasteiger partial charge >= 0.3 is 0 Å². The van der Waals surface area contributed by atoms with Gasteiger partial charge in [-0.25, -0.2) is 29.9 Å². The molecule has 0 amide bonds. The average Bonchev–Trinajstić information content (AvgIpc) is 3.13. The van der Waals surface area contributed by atoms with Gasteiger partial charge in [-0.1, -0.05) is 42.5 Å². The average molecular weight is 687 g/mol. The van der Waals surface area contributed by atoms with Crippen LogP contribution in [-0.2, 0) is 19.7 Å². The number of nitrogens with zero attached hydrogens (tertiary/aromatic N) is 8. The van der Waals surface area contributed by atoms with Crippen LogP contribution in [0.25, 0.3) is 22.1 Å². The molecule has 258 valence electrons. The van der Waals surface area contributed by atoms with Crippen molar-refractivity contribution in [2.45, 2.75) is 33.5 Å². The van der Waals surface area contributed by atoms with E-state index in [1.54, 1.807) is 31.5 Å². The number of anilines is 4. The molecule has 7 rings (SSSR count). The minimum absolute atomic E-state index is 0.165. The number of nitrogens with one attached hydrogen (secondary N) is 2. The zero-order valence-electron chi connectivity index (χ0n) is 27.7. The van der Waals surface area contributed by atoms with E-state index in [4.69, 9.17) is 16.3 Å². The molecule has 0 aliphatic carbocycles. The summed E-state index contributed by atoms with van der Waals surface area (Å²) in [4.78, 5) is 55.1. The van der Waals surface area contributed by atoms with E-state index in [2.05, 4.69) is 40.5 Å². The van der Waals surface area contributed by atoms with E-state index in [0.717, 1.165) is 27.8 Å². The summed E-state index contributed by atoms with van der Waals surface area (Å²) in [5.74, 6) is 0.905. The normalized spacial score (nSPS) is 10.8. The van der Waals surface area contributed by atoms with Gasteiger partial charge in [0.15, 0.2) is 11.3 Å². The van der Waals surface area contributed by atoms with Crippen molar-refractivity contribution in [2.24, 2.45) is 0 Å². The van der Waals surface area contributed by atoms with Gasteiger partial charge in [-0.15, -0.1) is 9.46 Å². The first-order chi connectivity index (χ1) is 24.7. The first-order valence-electron chi connectivity index (χ1n) is 15.7. The minimum Gasteiger partial charge on any atom is -0.423 e. The zero-order valence-corrected chi connectivity index (χ0v) is 27.7. The number of fused-ring (bicyclic) bond motifs is 2. The summed E-state index contributed by atoms with van der Waals surface area (Å²) in [5, 5.41) is 17.5. The molecule has 6 aromatic heterocycles. The molecule has 0 saturated carbocycles. The number of aryl methyl sites for hydroxylation is 2. The summed E-state index contributed by atoms with van der Waals surface area (Å²) >= 11 is 0. The lowest BCUT2D eigenvalue weighted by molar-refractivity contribution is 0.0979. The molecular weight excluding hydrogens is 652 g/mol. The molecule has 16 nitrogen and oxygen atoms in total. The van der Waals surface area contributed by atoms with Crippen molar-refractivity contribution in [3.8, 4) is 0 Å².